The van der Waals surface area contributed by atoms with Crippen molar-refractivity contribution in [1.82, 2.24) is 9.88 Å². The van der Waals surface area contributed by atoms with Gasteiger partial charge in [0.05, 0.1) is 15.7 Å². The molecule has 0 aliphatic rings. The molecule has 0 saturated carbocycles. The Morgan fingerprint density at radius 1 is 0.512 bits per heavy atom. The van der Waals surface area contributed by atoms with Gasteiger partial charge in [-0.25, -0.2) is 0 Å². The van der Waals surface area contributed by atoms with Crippen LogP contribution in [0.4, 0.5) is 0 Å². The van der Waals surface area contributed by atoms with Crippen LogP contribution in [0.1, 0.15) is 11.1 Å². The van der Waals surface area contributed by atoms with Crippen molar-refractivity contribution in [2.24, 2.45) is 0 Å². The highest BCUT2D eigenvalue weighted by Crippen LogP contribution is 2.43. The monoisotopic (exact) mass is 544 g/mol. The average molecular weight is 545 g/mol. The van der Waals surface area contributed by atoms with Gasteiger partial charge in [0.1, 0.15) is 0 Å². The highest BCUT2D eigenvalue weighted by atomic mass is 32.1. The number of hydrogen-bond acceptors (Lipinski definition) is 2. The van der Waals surface area contributed by atoms with E-state index in [9.17, 15) is 0 Å². The number of aromatic nitrogens is 1. The fraction of sp³-hybridized carbons (Fsp3) is 0.0526. The molecule has 0 fully saturated rings. The van der Waals surface area contributed by atoms with Crippen molar-refractivity contribution in [3.8, 4) is 16.8 Å². The van der Waals surface area contributed by atoms with E-state index in [-0.39, 0.29) is 0 Å². The van der Waals surface area contributed by atoms with Gasteiger partial charge in [-0.1, -0.05) is 115 Å². The predicted octanol–water partition coefficient (Wildman–Crippen LogP) is 10.1. The number of thiophene rings is 1. The van der Waals surface area contributed by atoms with E-state index in [2.05, 4.69) is 149 Å². The summed E-state index contributed by atoms with van der Waals surface area (Å²) >= 11 is 1.90. The van der Waals surface area contributed by atoms with Crippen molar-refractivity contribution < 1.29 is 0 Å². The highest BCUT2D eigenvalue weighted by Gasteiger charge is 2.18. The van der Waals surface area contributed by atoms with Crippen LogP contribution in [0.5, 0.6) is 0 Å². The summed E-state index contributed by atoms with van der Waals surface area (Å²) in [5.74, 6) is 0. The van der Waals surface area contributed by atoms with E-state index in [0.29, 0.717) is 0 Å². The number of fused-ring (bicyclic) bond motifs is 7. The lowest BCUT2D eigenvalue weighted by Gasteiger charge is -2.11. The van der Waals surface area contributed by atoms with Crippen LogP contribution in [0.3, 0.4) is 0 Å². The van der Waals surface area contributed by atoms with Gasteiger partial charge in [-0.05, 0) is 46.5 Å². The number of hydrogen-bond donors (Lipinski definition) is 1. The third-order valence-corrected chi connectivity index (χ3v) is 9.27. The zero-order valence-electron chi connectivity index (χ0n) is 22.5. The van der Waals surface area contributed by atoms with Crippen LogP contribution < -0.4 is 5.32 Å². The van der Waals surface area contributed by atoms with E-state index in [4.69, 9.17) is 0 Å². The Hall–Kier alpha value is -4.70. The largest absolute Gasteiger partial charge is 0.309 e. The molecular formula is C38H28N2S. The van der Waals surface area contributed by atoms with Crippen LogP contribution in [0, 0.1) is 0 Å². The van der Waals surface area contributed by atoms with E-state index < -0.39 is 0 Å². The van der Waals surface area contributed by atoms with Crippen molar-refractivity contribution in [1.29, 1.82) is 0 Å². The summed E-state index contributed by atoms with van der Waals surface area (Å²) in [5.41, 5.74) is 8.76. The molecule has 0 spiro atoms. The molecule has 0 radical (unpaired) electrons. The normalized spacial score (nSPS) is 11.7. The SMILES string of the molecule is c1ccc(CNCc2ccc(-n3c4cc(-c5ccccc5)ccc4c4ccc5c6ccccc6sc5c43)cc2)cc1. The number of nitrogens with zero attached hydrogens (tertiary/aromatic N) is 1. The van der Waals surface area contributed by atoms with Crippen molar-refractivity contribution in [2.75, 3.05) is 0 Å². The number of rotatable bonds is 6. The fourth-order valence-corrected chi connectivity index (χ4v) is 7.31. The molecular weight excluding hydrogens is 516 g/mol. The van der Waals surface area contributed by atoms with Gasteiger partial charge in [-0.15, -0.1) is 11.3 Å². The van der Waals surface area contributed by atoms with Crippen LogP contribution in [0.2, 0.25) is 0 Å². The van der Waals surface area contributed by atoms with Gasteiger partial charge in [-0.2, -0.15) is 0 Å². The Labute approximate surface area is 243 Å². The van der Waals surface area contributed by atoms with E-state index in [0.717, 1.165) is 13.1 Å². The first-order valence-corrected chi connectivity index (χ1v) is 14.9. The molecule has 8 aromatic rings. The van der Waals surface area contributed by atoms with Crippen molar-refractivity contribution in [2.45, 2.75) is 13.1 Å². The second-order valence-corrected chi connectivity index (χ2v) is 11.7. The van der Waals surface area contributed by atoms with Crippen LogP contribution in [0.15, 0.2) is 140 Å². The van der Waals surface area contributed by atoms with Gasteiger partial charge >= 0.3 is 0 Å². The molecule has 2 nitrogen and oxygen atoms in total. The maximum absolute atomic E-state index is 3.59. The fourth-order valence-electron chi connectivity index (χ4n) is 6.07. The smallest absolute Gasteiger partial charge is 0.0719 e. The van der Waals surface area contributed by atoms with Crippen molar-refractivity contribution in [3.63, 3.8) is 0 Å². The molecule has 2 aromatic heterocycles. The molecule has 0 saturated heterocycles. The van der Waals surface area contributed by atoms with Gasteiger partial charge < -0.3 is 9.88 Å². The standard InChI is InChI=1S/C38H28N2S/c1-3-9-26(10-4-1)24-39-25-27-15-18-30(19-16-27)40-35-23-29(28-11-5-2-6-12-28)17-20-31(35)33-21-22-34-32-13-7-8-14-36(32)41-38(34)37(33)40/h1-23,39H,24-25H2. The highest BCUT2D eigenvalue weighted by molar-refractivity contribution is 7.26. The minimum atomic E-state index is 0.834. The van der Waals surface area contributed by atoms with E-state index >= 15 is 0 Å². The van der Waals surface area contributed by atoms with E-state index in [1.54, 1.807) is 0 Å². The second-order valence-electron chi connectivity index (χ2n) is 10.6. The predicted molar refractivity (Wildman–Crippen MR) is 176 cm³/mol. The first-order chi connectivity index (χ1) is 20.3. The molecule has 0 unspecified atom stereocenters. The topological polar surface area (TPSA) is 17.0 Å². The Bertz CT molecular complexity index is 2150. The van der Waals surface area contributed by atoms with Gasteiger partial charge in [0, 0.05) is 45.0 Å². The maximum Gasteiger partial charge on any atom is 0.0719 e. The Balaban J connectivity index is 1.29. The molecule has 196 valence electrons. The summed E-state index contributed by atoms with van der Waals surface area (Å²) in [6.45, 7) is 1.70. The second kappa shape index (κ2) is 10.0. The van der Waals surface area contributed by atoms with Crippen LogP contribution in [0.25, 0.3) is 58.8 Å². The Kier molecular flexibility index (Phi) is 5.91. The molecule has 2 heterocycles. The van der Waals surface area contributed by atoms with E-state index in [1.165, 1.54) is 69.9 Å². The zero-order valence-corrected chi connectivity index (χ0v) is 23.4. The van der Waals surface area contributed by atoms with Crippen LogP contribution in [-0.4, -0.2) is 4.57 Å². The summed E-state index contributed by atoms with van der Waals surface area (Å²) in [5, 5.41) is 8.83. The van der Waals surface area contributed by atoms with Gasteiger partial charge in [0.25, 0.3) is 0 Å². The maximum atomic E-state index is 3.59. The first-order valence-electron chi connectivity index (χ1n) is 14.1. The Morgan fingerprint density at radius 3 is 1.98 bits per heavy atom. The molecule has 0 aliphatic heterocycles. The third-order valence-electron chi connectivity index (χ3n) is 8.08. The number of benzene rings is 6. The lowest BCUT2D eigenvalue weighted by molar-refractivity contribution is 0.693. The molecule has 0 bridgehead atoms. The zero-order chi connectivity index (χ0) is 27.2. The summed E-state index contributed by atoms with van der Waals surface area (Å²) in [7, 11) is 0. The molecule has 41 heavy (non-hydrogen) atoms. The molecule has 1 N–H and O–H groups in total. The summed E-state index contributed by atoms with van der Waals surface area (Å²) in [6, 6.07) is 50.7. The minimum absolute atomic E-state index is 0.834. The van der Waals surface area contributed by atoms with E-state index in [1.807, 2.05) is 11.3 Å². The molecule has 0 amide bonds. The van der Waals surface area contributed by atoms with Gasteiger partial charge in [0.15, 0.2) is 0 Å². The molecule has 6 aromatic carbocycles. The third kappa shape index (κ3) is 4.22. The quantitative estimate of drug-likeness (QED) is 0.220. The minimum Gasteiger partial charge on any atom is -0.309 e. The van der Waals surface area contributed by atoms with Crippen LogP contribution in [-0.2, 0) is 13.1 Å². The summed E-state index contributed by atoms with van der Waals surface area (Å²) < 4.78 is 5.15. The summed E-state index contributed by atoms with van der Waals surface area (Å²) in [4.78, 5) is 0. The molecule has 0 aliphatic carbocycles. The Morgan fingerprint density at radius 2 is 1.17 bits per heavy atom. The lowest BCUT2D eigenvalue weighted by Crippen LogP contribution is -2.12. The summed E-state index contributed by atoms with van der Waals surface area (Å²) in [6.07, 6.45) is 0. The molecule has 0 atom stereocenters. The van der Waals surface area contributed by atoms with Crippen molar-refractivity contribution >= 4 is 53.3 Å². The number of nitrogens with one attached hydrogen (secondary N) is 1. The average Bonchev–Trinajstić information content (AvgIpc) is 3.58. The van der Waals surface area contributed by atoms with Gasteiger partial charge in [-0.3, -0.25) is 0 Å². The molecule has 8 rings (SSSR count). The lowest BCUT2D eigenvalue weighted by atomic mass is 10.0. The van der Waals surface area contributed by atoms with Gasteiger partial charge in [0.2, 0.25) is 0 Å². The molecule has 3 heteroatoms. The first kappa shape index (κ1) is 24.1. The van der Waals surface area contributed by atoms with Crippen LogP contribution >= 0.6 is 11.3 Å². The van der Waals surface area contributed by atoms with Crippen molar-refractivity contribution in [3.05, 3.63) is 151 Å².